The van der Waals surface area contributed by atoms with Gasteiger partial charge in [-0.15, -0.1) is 5.10 Å². The monoisotopic (exact) mass is 247 g/mol. The van der Waals surface area contributed by atoms with Gasteiger partial charge >= 0.3 is 0 Å². The van der Waals surface area contributed by atoms with Crippen LogP contribution in [0.15, 0.2) is 18.3 Å². The number of piperidine rings is 1. The van der Waals surface area contributed by atoms with Gasteiger partial charge in [-0.05, 0) is 44.5 Å². The van der Waals surface area contributed by atoms with Crippen LogP contribution in [-0.4, -0.2) is 53.4 Å². The van der Waals surface area contributed by atoms with Crippen molar-refractivity contribution < 1.29 is 0 Å². The van der Waals surface area contributed by atoms with Crippen LogP contribution >= 0.6 is 0 Å². The second kappa shape index (κ2) is 5.20. The quantitative estimate of drug-likeness (QED) is 0.823. The van der Waals surface area contributed by atoms with E-state index in [-0.39, 0.29) is 0 Å². The van der Waals surface area contributed by atoms with E-state index in [1.807, 2.05) is 12.1 Å². The Kier molecular flexibility index (Phi) is 3.43. The number of hydrogen-bond donors (Lipinski definition) is 1. The predicted octanol–water partition coefficient (Wildman–Crippen LogP) is 0.478. The van der Waals surface area contributed by atoms with Crippen molar-refractivity contribution in [3.8, 4) is 0 Å². The molecule has 5 heteroatoms. The van der Waals surface area contributed by atoms with E-state index in [4.69, 9.17) is 5.73 Å². The van der Waals surface area contributed by atoms with Crippen LogP contribution in [0, 0.1) is 0 Å². The van der Waals surface area contributed by atoms with E-state index in [0.717, 1.165) is 44.8 Å². The lowest BCUT2D eigenvalue weighted by atomic mass is 10.0. The topological polar surface area (TPSA) is 58.3 Å². The SMILES string of the molecule is NC1CCN(C2CCN(c3cccnn3)C2)CC1. The maximum Gasteiger partial charge on any atom is 0.151 e. The van der Waals surface area contributed by atoms with Crippen LogP contribution in [0.5, 0.6) is 0 Å². The largest absolute Gasteiger partial charge is 0.354 e. The first-order valence-corrected chi connectivity index (χ1v) is 6.85. The molecule has 3 heterocycles. The average molecular weight is 247 g/mol. The summed E-state index contributed by atoms with van der Waals surface area (Å²) in [5, 5.41) is 8.14. The maximum atomic E-state index is 5.96. The lowest BCUT2D eigenvalue weighted by molar-refractivity contribution is 0.163. The van der Waals surface area contributed by atoms with Gasteiger partial charge in [0.2, 0.25) is 0 Å². The number of hydrogen-bond acceptors (Lipinski definition) is 5. The molecule has 5 nitrogen and oxygen atoms in total. The minimum absolute atomic E-state index is 0.416. The molecule has 0 spiro atoms. The van der Waals surface area contributed by atoms with Gasteiger partial charge in [0.25, 0.3) is 0 Å². The van der Waals surface area contributed by atoms with Crippen LogP contribution in [-0.2, 0) is 0 Å². The molecule has 0 aromatic carbocycles. The van der Waals surface area contributed by atoms with Crippen LogP contribution in [0.3, 0.4) is 0 Å². The molecule has 3 rings (SSSR count). The number of nitrogens with zero attached hydrogens (tertiary/aromatic N) is 4. The van der Waals surface area contributed by atoms with Crippen LogP contribution < -0.4 is 10.6 Å². The standard InChI is InChI=1S/C13H21N5/c14-11-3-7-17(8-4-11)12-5-9-18(10-12)13-2-1-6-15-16-13/h1-2,6,11-12H,3-5,7-10,14H2. The van der Waals surface area contributed by atoms with Gasteiger partial charge in [-0.25, -0.2) is 0 Å². The Morgan fingerprint density at radius 1 is 1.17 bits per heavy atom. The fraction of sp³-hybridized carbons (Fsp3) is 0.692. The summed E-state index contributed by atoms with van der Waals surface area (Å²) in [5.41, 5.74) is 5.96. The Labute approximate surface area is 108 Å². The van der Waals surface area contributed by atoms with Gasteiger partial charge in [-0.3, -0.25) is 4.90 Å². The highest BCUT2D eigenvalue weighted by atomic mass is 15.3. The third kappa shape index (κ3) is 2.47. The van der Waals surface area contributed by atoms with E-state index in [2.05, 4.69) is 20.0 Å². The van der Waals surface area contributed by atoms with Crippen LogP contribution in [0.4, 0.5) is 5.82 Å². The van der Waals surface area contributed by atoms with Gasteiger partial charge in [-0.2, -0.15) is 5.10 Å². The summed E-state index contributed by atoms with van der Waals surface area (Å²) in [4.78, 5) is 4.94. The van der Waals surface area contributed by atoms with Gasteiger partial charge in [0.15, 0.2) is 5.82 Å². The highest BCUT2D eigenvalue weighted by Crippen LogP contribution is 2.22. The second-order valence-corrected chi connectivity index (χ2v) is 5.34. The Bertz CT molecular complexity index is 374. The number of nitrogens with two attached hydrogens (primary N) is 1. The first kappa shape index (κ1) is 11.9. The second-order valence-electron chi connectivity index (χ2n) is 5.34. The summed E-state index contributed by atoms with van der Waals surface area (Å²) in [7, 11) is 0. The van der Waals surface area contributed by atoms with E-state index < -0.39 is 0 Å². The van der Waals surface area contributed by atoms with Gasteiger partial charge in [0.05, 0.1) is 0 Å². The summed E-state index contributed by atoms with van der Waals surface area (Å²) < 4.78 is 0. The summed E-state index contributed by atoms with van der Waals surface area (Å²) in [6.45, 7) is 4.47. The van der Waals surface area contributed by atoms with Crippen LogP contribution in [0.1, 0.15) is 19.3 Å². The summed E-state index contributed by atoms with van der Waals surface area (Å²) in [6, 6.07) is 5.08. The fourth-order valence-electron chi connectivity index (χ4n) is 2.99. The van der Waals surface area contributed by atoms with Gasteiger partial charge in [0.1, 0.15) is 0 Å². The molecule has 1 aromatic heterocycles. The smallest absolute Gasteiger partial charge is 0.151 e. The van der Waals surface area contributed by atoms with Crippen molar-refractivity contribution in [3.05, 3.63) is 18.3 Å². The number of anilines is 1. The molecule has 1 aromatic rings. The molecular weight excluding hydrogens is 226 g/mol. The molecule has 0 bridgehead atoms. The molecule has 2 aliphatic rings. The van der Waals surface area contributed by atoms with E-state index in [9.17, 15) is 0 Å². The molecule has 2 aliphatic heterocycles. The highest BCUT2D eigenvalue weighted by Gasteiger charge is 2.30. The summed E-state index contributed by atoms with van der Waals surface area (Å²) in [6.07, 6.45) is 5.23. The zero-order chi connectivity index (χ0) is 12.4. The minimum Gasteiger partial charge on any atom is -0.354 e. The zero-order valence-electron chi connectivity index (χ0n) is 10.7. The van der Waals surface area contributed by atoms with Gasteiger partial charge in [-0.1, -0.05) is 0 Å². The van der Waals surface area contributed by atoms with E-state index in [1.54, 1.807) is 6.20 Å². The average Bonchev–Trinajstić information content (AvgIpc) is 2.90. The summed E-state index contributed by atoms with van der Waals surface area (Å²) >= 11 is 0. The van der Waals surface area contributed by atoms with Crippen molar-refractivity contribution in [2.45, 2.75) is 31.3 Å². The third-order valence-electron chi connectivity index (χ3n) is 4.14. The van der Waals surface area contributed by atoms with Crippen LogP contribution in [0.25, 0.3) is 0 Å². The van der Waals surface area contributed by atoms with E-state index in [0.29, 0.717) is 12.1 Å². The molecule has 1 atom stereocenters. The van der Waals surface area contributed by atoms with Crippen molar-refractivity contribution in [3.63, 3.8) is 0 Å². The van der Waals surface area contributed by atoms with Gasteiger partial charge in [0, 0.05) is 31.4 Å². The van der Waals surface area contributed by atoms with Crippen molar-refractivity contribution in [1.82, 2.24) is 15.1 Å². The van der Waals surface area contributed by atoms with E-state index >= 15 is 0 Å². The number of likely N-dealkylation sites (tertiary alicyclic amines) is 1. The van der Waals surface area contributed by atoms with Crippen LogP contribution in [0.2, 0.25) is 0 Å². The molecule has 2 N–H and O–H groups in total. The fourth-order valence-corrected chi connectivity index (χ4v) is 2.99. The maximum absolute atomic E-state index is 5.96. The minimum atomic E-state index is 0.416. The molecule has 98 valence electrons. The molecular formula is C13H21N5. The molecule has 2 fully saturated rings. The van der Waals surface area contributed by atoms with Crippen molar-refractivity contribution in [2.24, 2.45) is 5.73 Å². The highest BCUT2D eigenvalue weighted by molar-refractivity contribution is 5.38. The lowest BCUT2D eigenvalue weighted by Crippen LogP contribution is -2.46. The Hall–Kier alpha value is -1.20. The Balaban J connectivity index is 1.58. The molecule has 18 heavy (non-hydrogen) atoms. The lowest BCUT2D eigenvalue weighted by Gasteiger charge is -2.34. The first-order chi connectivity index (χ1) is 8.83. The zero-order valence-corrected chi connectivity index (χ0v) is 10.7. The van der Waals surface area contributed by atoms with Crippen molar-refractivity contribution >= 4 is 5.82 Å². The molecule has 1 unspecified atom stereocenters. The molecule has 0 aliphatic carbocycles. The molecule has 0 radical (unpaired) electrons. The normalized spacial score (nSPS) is 26.7. The number of aromatic nitrogens is 2. The van der Waals surface area contributed by atoms with Gasteiger partial charge < -0.3 is 10.6 Å². The Morgan fingerprint density at radius 2 is 2.00 bits per heavy atom. The first-order valence-electron chi connectivity index (χ1n) is 6.85. The molecule has 0 saturated carbocycles. The van der Waals surface area contributed by atoms with Crippen molar-refractivity contribution in [1.29, 1.82) is 0 Å². The third-order valence-corrected chi connectivity index (χ3v) is 4.14. The van der Waals surface area contributed by atoms with Crippen molar-refractivity contribution in [2.75, 3.05) is 31.1 Å². The predicted molar refractivity (Wildman–Crippen MR) is 71.4 cm³/mol. The molecule has 2 saturated heterocycles. The molecule has 0 amide bonds. The van der Waals surface area contributed by atoms with E-state index in [1.165, 1.54) is 6.42 Å². The summed E-state index contributed by atoms with van der Waals surface area (Å²) in [5.74, 6) is 1.01. The number of rotatable bonds is 2. The Morgan fingerprint density at radius 3 is 2.72 bits per heavy atom.